The summed E-state index contributed by atoms with van der Waals surface area (Å²) in [7, 11) is -2.30. The molecule has 0 unspecified atom stereocenters. The van der Waals surface area contributed by atoms with Gasteiger partial charge in [0.05, 0.1) is 33.3 Å². The van der Waals surface area contributed by atoms with Crippen LogP contribution in [0.2, 0.25) is 0 Å². The highest BCUT2D eigenvalue weighted by molar-refractivity contribution is 8.04. The van der Waals surface area contributed by atoms with E-state index in [-0.39, 0.29) is 32.9 Å². The van der Waals surface area contributed by atoms with Gasteiger partial charge in [0.15, 0.2) is 15.6 Å². The Hall–Kier alpha value is -3.63. The zero-order valence-corrected chi connectivity index (χ0v) is 20.8. The Balaban J connectivity index is 1.66. The van der Waals surface area contributed by atoms with Gasteiger partial charge in [0.25, 0.3) is 5.91 Å². The molecule has 0 bridgehead atoms. The number of nitrogens with zero attached hydrogens (tertiary/aromatic N) is 1. The molecule has 1 amide bonds. The van der Waals surface area contributed by atoms with Crippen molar-refractivity contribution in [1.82, 2.24) is 0 Å². The minimum atomic E-state index is -3.64. The lowest BCUT2D eigenvalue weighted by molar-refractivity contribution is -0.385. The number of hydrogen-bond donors (Lipinski definition) is 1. The molecule has 4 rings (SSSR count). The van der Waals surface area contributed by atoms with Gasteiger partial charge in [0.1, 0.15) is 0 Å². The minimum Gasteiger partial charge on any atom is -0.490 e. The zero-order chi connectivity index (χ0) is 25.3. The Morgan fingerprint density at radius 2 is 1.80 bits per heavy atom. The Morgan fingerprint density at radius 1 is 1.09 bits per heavy atom. The number of nitro groups is 1. The van der Waals surface area contributed by atoms with Gasteiger partial charge in [-0.15, -0.1) is 0 Å². The van der Waals surface area contributed by atoms with Crippen molar-refractivity contribution in [1.29, 1.82) is 0 Å². The number of nitro benzene ring substituents is 1. The van der Waals surface area contributed by atoms with Crippen molar-refractivity contribution in [2.75, 3.05) is 12.4 Å². The van der Waals surface area contributed by atoms with Crippen LogP contribution in [-0.4, -0.2) is 26.4 Å². The molecule has 0 radical (unpaired) electrons. The number of hydrogen-bond acceptors (Lipinski definition) is 7. The third-order valence-corrected chi connectivity index (χ3v) is 8.40. The van der Waals surface area contributed by atoms with Gasteiger partial charge in [-0.25, -0.2) is 8.42 Å². The first-order valence-electron chi connectivity index (χ1n) is 10.5. The van der Waals surface area contributed by atoms with E-state index >= 15 is 0 Å². The summed E-state index contributed by atoms with van der Waals surface area (Å²) in [5.41, 5.74) is 3.32. The van der Waals surface area contributed by atoms with E-state index in [0.717, 1.165) is 28.5 Å². The molecule has 10 heteroatoms. The first-order valence-corrected chi connectivity index (χ1v) is 13.0. The van der Waals surface area contributed by atoms with E-state index in [0.29, 0.717) is 16.1 Å². The maximum atomic E-state index is 13.2. The normalized spacial score (nSPS) is 14.4. The maximum absolute atomic E-state index is 13.2. The molecule has 0 fully saturated rings. The number of amides is 1. The molecule has 3 aromatic carbocycles. The van der Waals surface area contributed by atoms with E-state index in [1.807, 2.05) is 32.0 Å². The van der Waals surface area contributed by atoms with E-state index < -0.39 is 14.8 Å². The fourth-order valence-electron chi connectivity index (χ4n) is 3.77. The molecule has 180 valence electrons. The molecule has 0 atom stereocenters. The van der Waals surface area contributed by atoms with E-state index in [1.165, 1.54) is 31.4 Å². The summed E-state index contributed by atoms with van der Waals surface area (Å²) in [6, 6.07) is 14.7. The van der Waals surface area contributed by atoms with Gasteiger partial charge in [-0.1, -0.05) is 36.0 Å². The summed E-state index contributed by atoms with van der Waals surface area (Å²) in [5, 5.41) is 14.1. The average molecular weight is 511 g/mol. The van der Waals surface area contributed by atoms with Gasteiger partial charge in [-0.3, -0.25) is 14.9 Å². The summed E-state index contributed by atoms with van der Waals surface area (Å²) < 4.78 is 31.4. The Kier molecular flexibility index (Phi) is 6.68. The highest BCUT2D eigenvalue weighted by Crippen LogP contribution is 2.41. The van der Waals surface area contributed by atoms with Gasteiger partial charge in [-0.05, 0) is 66.4 Å². The maximum Gasteiger partial charge on any atom is 0.311 e. The molecule has 0 aromatic heterocycles. The van der Waals surface area contributed by atoms with Crippen LogP contribution in [0.3, 0.4) is 0 Å². The van der Waals surface area contributed by atoms with Crippen LogP contribution in [0.1, 0.15) is 22.3 Å². The number of methoxy groups -OCH3 is 1. The highest BCUT2D eigenvalue weighted by Gasteiger charge is 2.25. The molecule has 8 nitrogen and oxygen atoms in total. The second-order valence-electron chi connectivity index (χ2n) is 8.04. The second kappa shape index (κ2) is 9.55. The first kappa shape index (κ1) is 24.5. The number of carbonyl (C=O) groups excluding carboxylic acids is 1. The van der Waals surface area contributed by atoms with Gasteiger partial charge in [0.2, 0.25) is 0 Å². The lowest BCUT2D eigenvalue weighted by atomic mass is 10.1. The minimum absolute atomic E-state index is 0.113. The third kappa shape index (κ3) is 5.08. The van der Waals surface area contributed by atoms with Crippen molar-refractivity contribution in [2.24, 2.45) is 0 Å². The molecule has 1 heterocycles. The molecule has 0 aliphatic carbocycles. The average Bonchev–Trinajstić information content (AvgIpc) is 2.81. The summed E-state index contributed by atoms with van der Waals surface area (Å²) in [5.74, 6) is -0.395. The van der Waals surface area contributed by atoms with Crippen molar-refractivity contribution in [3.63, 3.8) is 0 Å². The molecule has 1 aliphatic heterocycles. The standard InChI is InChI=1S/C25H22N2O6S2/c1-15-5-4-6-16(2)19(15)14-35(31,32)18-8-9-20-23(13-18)34-24(25(28)26-20)12-17-7-10-22(33-3)21(11-17)27(29)30/h4-13H,14H2,1-3H3,(H,26,28)/b24-12-. The SMILES string of the molecule is COc1ccc(/C=C2\Sc3cc(S(=O)(=O)Cc4c(C)cccc4C)ccc3NC2=O)cc1[N+](=O)[O-]. The number of fused-ring (bicyclic) bond motifs is 1. The van der Waals surface area contributed by atoms with E-state index in [9.17, 15) is 23.3 Å². The zero-order valence-electron chi connectivity index (χ0n) is 19.2. The fourth-order valence-corrected chi connectivity index (χ4v) is 6.41. The number of carbonyl (C=O) groups is 1. The Morgan fingerprint density at radius 3 is 2.46 bits per heavy atom. The lowest BCUT2D eigenvalue weighted by Crippen LogP contribution is -2.18. The van der Waals surface area contributed by atoms with Gasteiger partial charge >= 0.3 is 5.69 Å². The molecule has 0 saturated heterocycles. The summed E-state index contributed by atoms with van der Waals surface area (Å²) in [6.45, 7) is 3.77. The van der Waals surface area contributed by atoms with Crippen LogP contribution in [-0.2, 0) is 20.4 Å². The van der Waals surface area contributed by atoms with Gasteiger partial charge in [-0.2, -0.15) is 0 Å². The summed E-state index contributed by atoms with van der Waals surface area (Å²) in [6.07, 6.45) is 1.52. The van der Waals surface area contributed by atoms with Crippen LogP contribution < -0.4 is 10.1 Å². The monoisotopic (exact) mass is 510 g/mol. The van der Waals surface area contributed by atoms with E-state index in [1.54, 1.807) is 18.2 Å². The number of thioether (sulfide) groups is 1. The molecular formula is C25H22N2O6S2. The smallest absolute Gasteiger partial charge is 0.311 e. The van der Waals surface area contributed by atoms with Crippen LogP contribution in [0.5, 0.6) is 5.75 Å². The molecule has 0 spiro atoms. The lowest BCUT2D eigenvalue weighted by Gasteiger charge is -2.20. The van der Waals surface area contributed by atoms with E-state index in [4.69, 9.17) is 4.74 Å². The van der Waals surface area contributed by atoms with Crippen molar-refractivity contribution in [2.45, 2.75) is 29.4 Å². The molecule has 1 N–H and O–H groups in total. The predicted molar refractivity (Wildman–Crippen MR) is 135 cm³/mol. The summed E-state index contributed by atoms with van der Waals surface area (Å²) >= 11 is 1.11. The van der Waals surface area contributed by atoms with Crippen molar-refractivity contribution in [3.8, 4) is 5.75 Å². The number of ether oxygens (including phenoxy) is 1. The summed E-state index contributed by atoms with van der Waals surface area (Å²) in [4.78, 5) is 24.4. The van der Waals surface area contributed by atoms with Crippen LogP contribution >= 0.6 is 11.8 Å². The number of aryl methyl sites for hydroxylation is 2. The topological polar surface area (TPSA) is 116 Å². The van der Waals surface area contributed by atoms with Crippen molar-refractivity contribution in [3.05, 3.63) is 91.9 Å². The third-order valence-electron chi connectivity index (χ3n) is 5.68. The van der Waals surface area contributed by atoms with Crippen molar-refractivity contribution < 1.29 is 22.9 Å². The highest BCUT2D eigenvalue weighted by atomic mass is 32.2. The number of rotatable bonds is 6. The molecule has 35 heavy (non-hydrogen) atoms. The Labute approximate surface area is 207 Å². The fraction of sp³-hybridized carbons (Fsp3) is 0.160. The van der Waals surface area contributed by atoms with Crippen LogP contribution in [0.15, 0.2) is 69.3 Å². The molecular weight excluding hydrogens is 488 g/mol. The molecule has 1 aliphatic rings. The molecule has 0 saturated carbocycles. The van der Waals surface area contributed by atoms with Crippen LogP contribution in [0, 0.1) is 24.0 Å². The van der Waals surface area contributed by atoms with Crippen LogP contribution in [0.25, 0.3) is 6.08 Å². The Bertz CT molecular complexity index is 1480. The van der Waals surface area contributed by atoms with Crippen LogP contribution in [0.4, 0.5) is 11.4 Å². The second-order valence-corrected chi connectivity index (χ2v) is 11.1. The number of benzene rings is 3. The predicted octanol–water partition coefficient (Wildman–Crippen LogP) is 5.28. The largest absolute Gasteiger partial charge is 0.490 e. The quantitative estimate of drug-likeness (QED) is 0.272. The first-order chi connectivity index (χ1) is 16.6. The van der Waals surface area contributed by atoms with E-state index in [2.05, 4.69) is 5.32 Å². The number of sulfone groups is 1. The molecule has 3 aromatic rings. The van der Waals surface area contributed by atoms with Gasteiger partial charge < -0.3 is 10.1 Å². The van der Waals surface area contributed by atoms with Gasteiger partial charge in [0, 0.05) is 11.0 Å². The number of anilines is 1. The number of nitrogens with one attached hydrogen (secondary N) is 1. The van der Waals surface area contributed by atoms with Crippen molar-refractivity contribution >= 4 is 45.0 Å².